The monoisotopic (exact) mass is 861 g/mol. The molecule has 64 heavy (non-hydrogen) atoms. The van der Waals surface area contributed by atoms with Gasteiger partial charge in [0.2, 0.25) is 0 Å². The highest BCUT2D eigenvalue weighted by Gasteiger charge is 2.41. The van der Waals surface area contributed by atoms with Crippen LogP contribution in [0.4, 0.5) is 11.4 Å². The van der Waals surface area contributed by atoms with E-state index in [2.05, 4.69) is 37.4 Å². The van der Waals surface area contributed by atoms with Crippen LogP contribution >= 0.6 is 0 Å². The molecule has 2 aliphatic rings. The number of hydrogen-bond acceptors (Lipinski definition) is 4. The molecule has 4 amide bonds. The van der Waals surface area contributed by atoms with E-state index < -0.39 is 0 Å². The zero-order valence-electron chi connectivity index (χ0n) is 39.0. The quantitative estimate of drug-likeness (QED) is 0.0182. The Morgan fingerprint density at radius 1 is 0.391 bits per heavy atom. The summed E-state index contributed by atoms with van der Waals surface area (Å²) in [5.74, 6) is -1.33. The molecule has 2 heterocycles. The fraction of sp³-hybridized carbons (Fsp3) is 0.536. The van der Waals surface area contributed by atoms with Crippen LogP contribution < -0.4 is 0 Å². The number of rotatable bonds is 26. The molecule has 0 aromatic heterocycles. The van der Waals surface area contributed by atoms with Crippen molar-refractivity contribution in [2.24, 2.45) is 0 Å². The topological polar surface area (TPSA) is 83.5 Å². The molecule has 0 aliphatic carbocycles. The molecule has 0 fully saturated rings. The Bertz CT molecular complexity index is 2450. The van der Waals surface area contributed by atoms with E-state index in [-0.39, 0.29) is 47.1 Å². The first kappa shape index (κ1) is 46.6. The molecule has 0 atom stereocenters. The highest BCUT2D eigenvalue weighted by atomic mass is 16.2. The number of carbonyl (C=O) groups excluding carboxylic acids is 4. The second kappa shape index (κ2) is 21.6. The minimum Gasteiger partial charge on any atom is -0.271 e. The molecular weight excluding hydrogens is 793 g/mol. The van der Waals surface area contributed by atoms with Gasteiger partial charge in [0.15, 0.2) is 11.4 Å². The summed E-state index contributed by atoms with van der Waals surface area (Å²) in [6.07, 6.45) is 24.8. The van der Waals surface area contributed by atoms with Crippen LogP contribution in [-0.4, -0.2) is 45.5 Å². The molecule has 0 unspecified atom stereocenters. The first-order valence-electron chi connectivity index (χ1n) is 25.1. The van der Waals surface area contributed by atoms with E-state index in [9.17, 15) is 19.2 Å². The molecule has 2 aliphatic heterocycles. The van der Waals surface area contributed by atoms with Gasteiger partial charge in [-0.05, 0) is 82.3 Å². The predicted molar refractivity (Wildman–Crippen MR) is 262 cm³/mol. The fourth-order valence-corrected chi connectivity index (χ4v) is 11.0. The first-order chi connectivity index (χ1) is 31.3. The molecule has 7 rings (SSSR count). The standard InChI is InChI=1S/C56H68N4O4/c1-7-11-15-19-23-27-37(28-24-20-16-12-8-2)59-53(61)41-33-31-39-47-40(32-34-42(48(41)47)54(59)62)51-46(58-6)36-44-49-43(35-45(57-5)50(39)52(49)51)55(63)60(56(44)64)38(29-25-21-17-13-9-3)30-26-22-18-14-10-4/h31-38H,7-30H2,1-4H3. The van der Waals surface area contributed by atoms with Crippen LogP contribution in [0, 0.1) is 13.1 Å². The third-order valence-electron chi connectivity index (χ3n) is 14.4. The van der Waals surface area contributed by atoms with Crippen LogP contribution in [0.2, 0.25) is 0 Å². The van der Waals surface area contributed by atoms with Gasteiger partial charge in [-0.1, -0.05) is 168 Å². The zero-order valence-corrected chi connectivity index (χ0v) is 39.0. The molecule has 5 aromatic rings. The zero-order chi connectivity index (χ0) is 45.3. The number of amides is 4. The number of benzene rings is 5. The van der Waals surface area contributed by atoms with Gasteiger partial charge in [-0.15, -0.1) is 0 Å². The third-order valence-corrected chi connectivity index (χ3v) is 14.4. The summed E-state index contributed by atoms with van der Waals surface area (Å²) >= 11 is 0. The third kappa shape index (κ3) is 8.87. The molecule has 0 N–H and O–H groups in total. The van der Waals surface area contributed by atoms with E-state index in [0.29, 0.717) is 65.3 Å². The van der Waals surface area contributed by atoms with Gasteiger partial charge in [-0.2, -0.15) is 0 Å². The van der Waals surface area contributed by atoms with E-state index in [4.69, 9.17) is 13.1 Å². The highest BCUT2D eigenvalue weighted by Crippen LogP contribution is 2.52. The predicted octanol–water partition coefficient (Wildman–Crippen LogP) is 16.2. The van der Waals surface area contributed by atoms with Crippen LogP contribution in [0.15, 0.2) is 36.4 Å². The summed E-state index contributed by atoms with van der Waals surface area (Å²) in [6, 6.07) is 10.2. The van der Waals surface area contributed by atoms with Crippen LogP contribution in [-0.2, 0) is 0 Å². The Morgan fingerprint density at radius 3 is 1.03 bits per heavy atom. The number of imide groups is 2. The molecule has 0 saturated heterocycles. The van der Waals surface area contributed by atoms with Crippen LogP contribution in [0.5, 0.6) is 0 Å². The van der Waals surface area contributed by atoms with Crippen molar-refractivity contribution < 1.29 is 19.2 Å². The average molecular weight is 861 g/mol. The maximum absolute atomic E-state index is 14.9. The van der Waals surface area contributed by atoms with Crippen LogP contribution in [0.25, 0.3) is 52.8 Å². The van der Waals surface area contributed by atoms with Gasteiger partial charge >= 0.3 is 0 Å². The van der Waals surface area contributed by atoms with Crippen molar-refractivity contribution >= 4 is 78.1 Å². The van der Waals surface area contributed by atoms with E-state index in [0.717, 1.165) is 141 Å². The molecule has 8 heteroatoms. The molecule has 0 radical (unpaired) electrons. The van der Waals surface area contributed by atoms with Crippen molar-refractivity contribution in [3.63, 3.8) is 0 Å². The van der Waals surface area contributed by atoms with E-state index in [1.165, 1.54) is 17.7 Å². The molecule has 8 nitrogen and oxygen atoms in total. The van der Waals surface area contributed by atoms with Crippen molar-refractivity contribution in [1.29, 1.82) is 0 Å². The van der Waals surface area contributed by atoms with Crippen LogP contribution in [0.3, 0.4) is 0 Å². The van der Waals surface area contributed by atoms with Crippen molar-refractivity contribution in [3.8, 4) is 0 Å². The second-order valence-corrected chi connectivity index (χ2v) is 18.8. The lowest BCUT2D eigenvalue weighted by Crippen LogP contribution is -2.47. The molecule has 0 spiro atoms. The van der Waals surface area contributed by atoms with Gasteiger partial charge in [0.25, 0.3) is 23.6 Å². The number of nitrogens with zero attached hydrogens (tertiary/aromatic N) is 4. The highest BCUT2D eigenvalue weighted by molar-refractivity contribution is 6.44. The van der Waals surface area contributed by atoms with E-state index >= 15 is 0 Å². The molecule has 0 bridgehead atoms. The smallest absolute Gasteiger partial charge is 0.261 e. The Hall–Kier alpha value is -5.34. The summed E-state index contributed by atoms with van der Waals surface area (Å²) in [5.41, 5.74) is 2.06. The number of fused-ring (bicyclic) bond motifs is 2. The number of hydrogen-bond donors (Lipinski definition) is 0. The summed E-state index contributed by atoms with van der Waals surface area (Å²) in [4.78, 5) is 70.4. The van der Waals surface area contributed by atoms with Gasteiger partial charge in [-0.25, -0.2) is 9.69 Å². The fourth-order valence-electron chi connectivity index (χ4n) is 11.0. The van der Waals surface area contributed by atoms with Crippen LogP contribution in [0.1, 0.15) is 223 Å². The molecule has 0 saturated carbocycles. The summed E-state index contributed by atoms with van der Waals surface area (Å²) < 4.78 is 0. The largest absolute Gasteiger partial charge is 0.271 e. The van der Waals surface area contributed by atoms with Crippen molar-refractivity contribution in [3.05, 3.63) is 81.5 Å². The number of carbonyl (C=O) groups is 4. The van der Waals surface area contributed by atoms with Gasteiger partial charge in [0, 0.05) is 45.1 Å². The van der Waals surface area contributed by atoms with E-state index in [1.807, 2.05) is 12.1 Å². The minimum absolute atomic E-state index is 0.200. The van der Waals surface area contributed by atoms with Crippen molar-refractivity contribution in [2.75, 3.05) is 0 Å². The van der Waals surface area contributed by atoms with Crippen molar-refractivity contribution in [2.45, 2.75) is 194 Å². The Labute approximate surface area is 381 Å². The minimum atomic E-state index is -0.375. The Morgan fingerprint density at radius 2 is 0.703 bits per heavy atom. The lowest BCUT2D eigenvalue weighted by Gasteiger charge is -2.36. The van der Waals surface area contributed by atoms with Gasteiger partial charge in [-0.3, -0.25) is 29.0 Å². The maximum atomic E-state index is 14.9. The maximum Gasteiger partial charge on any atom is 0.261 e. The lowest BCUT2D eigenvalue weighted by atomic mass is 9.80. The number of unbranched alkanes of at least 4 members (excludes halogenated alkanes) is 16. The normalized spacial score (nSPS) is 13.9. The summed E-state index contributed by atoms with van der Waals surface area (Å²) in [7, 11) is 0. The lowest BCUT2D eigenvalue weighted by molar-refractivity contribution is 0.0501. The second-order valence-electron chi connectivity index (χ2n) is 18.8. The van der Waals surface area contributed by atoms with Gasteiger partial charge in [0.05, 0.1) is 13.1 Å². The molecule has 5 aromatic carbocycles. The van der Waals surface area contributed by atoms with Gasteiger partial charge in [0.1, 0.15) is 0 Å². The first-order valence-corrected chi connectivity index (χ1v) is 25.1. The summed E-state index contributed by atoms with van der Waals surface area (Å²) in [5, 5.41) is 4.69. The average Bonchev–Trinajstić information content (AvgIpc) is 3.30. The molecule has 336 valence electrons. The summed E-state index contributed by atoms with van der Waals surface area (Å²) in [6.45, 7) is 25.8. The Kier molecular flexibility index (Phi) is 15.7. The van der Waals surface area contributed by atoms with Gasteiger partial charge < -0.3 is 0 Å². The SMILES string of the molecule is [C-]#[N+]c1cc2c3c(cc([N+]#[C-])c4c5ccc6c7c(ccc(c1c34)c75)C(=O)N(C(CCCCCCC)CCCCCCC)C6=O)C(=O)N(C(CCCCCCC)CCCCCCC)C2=O. The van der Waals surface area contributed by atoms with E-state index in [1.54, 1.807) is 29.2 Å². The Balaban J connectivity index is 1.35. The molecular formula is C56H68N4O4. The van der Waals surface area contributed by atoms with Crippen molar-refractivity contribution in [1.82, 2.24) is 9.80 Å².